The first-order valence-electron chi connectivity index (χ1n) is 25.8. The molecule has 0 saturated carbocycles. The molecule has 25 heteroatoms. The van der Waals surface area contributed by atoms with Crippen molar-refractivity contribution < 1.29 is 103 Å². The third-order valence-electron chi connectivity index (χ3n) is 13.4. The number of aliphatic hydroxyl groups is 10. The Kier molecular flexibility index (Phi) is 27.3. The highest BCUT2D eigenvalue weighted by Gasteiger charge is 2.56. The Morgan fingerprint density at radius 3 is 1.22 bits per heavy atom. The van der Waals surface area contributed by atoms with Gasteiger partial charge in [0, 0.05) is 27.2 Å². The standard InChI is InChI=1S/C48H84N4O21/c1-5-6-7-8-9-10-11-12-13-14-15-16-17-18-19-20-32(60)52-34-38(62)37(61)28(21-53)68-46(34)72-43-30(23-55)70-48(36(40(43)64)51-27(4)59)73-44-31(24-56)69-47(35(41(44)65)50-26(3)58)71-42-29(22-54)67-45(66)33(39(42)63)49-25(2)57/h12-13,28-31,33-48,53-56,61-66H,5-11,14-24H2,1-4H3,(H,49,57)(H,50,58)(H,51,59)(H,52,60)/t28-,29-,30-,31-,33-,34-,35-,36-,37-,38-,39?,40?,41-,42-,43-,44-,45-,46+,47+,48+/m1/s1. The van der Waals surface area contributed by atoms with Crippen LogP contribution in [0.15, 0.2) is 12.2 Å². The molecule has 4 heterocycles. The molecule has 4 aliphatic heterocycles. The molecule has 4 aliphatic rings. The lowest BCUT2D eigenvalue weighted by molar-refractivity contribution is -0.362. The summed E-state index contributed by atoms with van der Waals surface area (Å²) < 4.78 is 41.4. The first-order chi connectivity index (χ1) is 34.9. The summed E-state index contributed by atoms with van der Waals surface area (Å²) in [7, 11) is 0. The summed E-state index contributed by atoms with van der Waals surface area (Å²) in [6.07, 6.45) is -8.64. The lowest BCUT2D eigenvalue weighted by Crippen LogP contribution is -2.71. The van der Waals surface area contributed by atoms with E-state index in [1.54, 1.807) is 0 Å². The lowest BCUT2D eigenvalue weighted by Gasteiger charge is -2.51. The Labute approximate surface area is 426 Å². The van der Waals surface area contributed by atoms with Crippen molar-refractivity contribution in [3.05, 3.63) is 12.2 Å². The van der Waals surface area contributed by atoms with Crippen molar-refractivity contribution >= 4 is 23.6 Å². The van der Waals surface area contributed by atoms with Crippen LogP contribution >= 0.6 is 0 Å². The minimum atomic E-state index is -1.90. The average molecular weight is 1050 g/mol. The molecule has 4 amide bonds. The molecule has 422 valence electrons. The molecule has 2 unspecified atom stereocenters. The number of unbranched alkanes of at least 4 members (excludes halogenated alkanes) is 11. The minimum absolute atomic E-state index is 0.0518. The minimum Gasteiger partial charge on any atom is -0.394 e. The summed E-state index contributed by atoms with van der Waals surface area (Å²) in [4.78, 5) is 50.3. The van der Waals surface area contributed by atoms with Crippen molar-refractivity contribution in [2.24, 2.45) is 0 Å². The van der Waals surface area contributed by atoms with Crippen LogP contribution in [-0.2, 0) is 52.3 Å². The Morgan fingerprint density at radius 1 is 0.438 bits per heavy atom. The fourth-order valence-electron chi connectivity index (χ4n) is 9.55. The maximum atomic E-state index is 13.3. The summed E-state index contributed by atoms with van der Waals surface area (Å²) in [6, 6.07) is -6.17. The monoisotopic (exact) mass is 1050 g/mol. The molecule has 0 aliphatic carbocycles. The van der Waals surface area contributed by atoms with Gasteiger partial charge in [0.1, 0.15) is 97.4 Å². The third kappa shape index (κ3) is 18.3. The molecule has 25 nitrogen and oxygen atoms in total. The number of ether oxygens (including phenoxy) is 7. The van der Waals surface area contributed by atoms with Crippen LogP contribution in [0, 0.1) is 0 Å². The summed E-state index contributed by atoms with van der Waals surface area (Å²) in [5, 5.41) is 119. The van der Waals surface area contributed by atoms with E-state index in [0.29, 0.717) is 6.42 Å². The first kappa shape index (κ1) is 62.5. The van der Waals surface area contributed by atoms with Gasteiger partial charge in [0.15, 0.2) is 25.2 Å². The van der Waals surface area contributed by atoms with E-state index in [-0.39, 0.29) is 6.42 Å². The van der Waals surface area contributed by atoms with Crippen LogP contribution in [0.25, 0.3) is 0 Å². The van der Waals surface area contributed by atoms with Gasteiger partial charge < -0.3 is 105 Å². The molecule has 0 spiro atoms. The van der Waals surface area contributed by atoms with Gasteiger partial charge in [-0.05, 0) is 32.1 Å². The molecule has 0 aromatic carbocycles. The maximum absolute atomic E-state index is 13.3. The first-order valence-corrected chi connectivity index (χ1v) is 25.8. The van der Waals surface area contributed by atoms with E-state index in [2.05, 4.69) is 40.3 Å². The van der Waals surface area contributed by atoms with E-state index in [1.807, 2.05) is 0 Å². The van der Waals surface area contributed by atoms with Crippen LogP contribution in [0.2, 0.25) is 0 Å². The lowest BCUT2D eigenvalue weighted by atomic mass is 9.93. The van der Waals surface area contributed by atoms with Crippen LogP contribution in [0.1, 0.15) is 118 Å². The van der Waals surface area contributed by atoms with E-state index in [1.165, 1.54) is 38.5 Å². The summed E-state index contributed by atoms with van der Waals surface area (Å²) in [6.45, 7) is 2.04. The maximum Gasteiger partial charge on any atom is 0.220 e. The van der Waals surface area contributed by atoms with Gasteiger partial charge in [0.25, 0.3) is 0 Å². The van der Waals surface area contributed by atoms with Crippen molar-refractivity contribution in [2.45, 2.75) is 240 Å². The van der Waals surface area contributed by atoms with Gasteiger partial charge in [-0.3, -0.25) is 19.2 Å². The third-order valence-corrected chi connectivity index (χ3v) is 13.4. The van der Waals surface area contributed by atoms with Crippen LogP contribution in [-0.4, -0.2) is 224 Å². The molecule has 4 saturated heterocycles. The molecular formula is C48H84N4O21. The number of nitrogens with one attached hydrogen (secondary N) is 4. The number of carbonyl (C=O) groups is 4. The topological polar surface area (TPSA) is 383 Å². The molecule has 0 aromatic rings. The van der Waals surface area contributed by atoms with E-state index in [4.69, 9.17) is 33.2 Å². The molecule has 73 heavy (non-hydrogen) atoms. The Balaban J connectivity index is 1.44. The van der Waals surface area contributed by atoms with Crippen LogP contribution < -0.4 is 21.3 Å². The molecule has 0 radical (unpaired) electrons. The molecule has 0 aromatic heterocycles. The largest absolute Gasteiger partial charge is 0.394 e. The van der Waals surface area contributed by atoms with Gasteiger partial charge in [0.2, 0.25) is 23.6 Å². The predicted octanol–water partition coefficient (Wildman–Crippen LogP) is -3.16. The van der Waals surface area contributed by atoms with Gasteiger partial charge >= 0.3 is 0 Å². The second kappa shape index (κ2) is 31.9. The fourth-order valence-corrected chi connectivity index (χ4v) is 9.55. The quantitative estimate of drug-likeness (QED) is 0.0260. The normalized spacial score (nSPS) is 36.9. The highest BCUT2D eigenvalue weighted by Crippen LogP contribution is 2.34. The number of hydrogen-bond donors (Lipinski definition) is 14. The number of carbonyl (C=O) groups excluding carboxylic acids is 4. The molecule has 14 N–H and O–H groups in total. The van der Waals surface area contributed by atoms with Crippen molar-refractivity contribution in [3.63, 3.8) is 0 Å². The zero-order valence-electron chi connectivity index (χ0n) is 42.4. The van der Waals surface area contributed by atoms with E-state index in [9.17, 15) is 70.2 Å². The van der Waals surface area contributed by atoms with Crippen molar-refractivity contribution in [2.75, 3.05) is 26.4 Å². The Bertz CT molecular complexity index is 1690. The highest BCUT2D eigenvalue weighted by molar-refractivity contribution is 5.76. The van der Waals surface area contributed by atoms with Gasteiger partial charge in [0.05, 0.1) is 26.4 Å². The molecule has 4 fully saturated rings. The van der Waals surface area contributed by atoms with Crippen LogP contribution in [0.4, 0.5) is 0 Å². The number of hydrogen-bond acceptors (Lipinski definition) is 21. The fraction of sp³-hybridized carbons (Fsp3) is 0.875. The van der Waals surface area contributed by atoms with Gasteiger partial charge in [-0.15, -0.1) is 0 Å². The molecular weight excluding hydrogens is 969 g/mol. The van der Waals surface area contributed by atoms with Gasteiger partial charge in [-0.1, -0.05) is 70.4 Å². The van der Waals surface area contributed by atoms with Gasteiger partial charge in [-0.2, -0.15) is 0 Å². The molecule has 0 bridgehead atoms. The Morgan fingerprint density at radius 2 is 0.795 bits per heavy atom. The van der Waals surface area contributed by atoms with E-state index in [0.717, 1.165) is 59.3 Å². The van der Waals surface area contributed by atoms with Crippen LogP contribution in [0.5, 0.6) is 0 Å². The number of allylic oxidation sites excluding steroid dienone is 2. The number of amides is 4. The zero-order valence-corrected chi connectivity index (χ0v) is 42.4. The Hall–Kier alpha value is -3.06. The smallest absolute Gasteiger partial charge is 0.220 e. The summed E-state index contributed by atoms with van der Waals surface area (Å²) in [5.74, 6) is -2.66. The average Bonchev–Trinajstić information content (AvgIpc) is 3.35. The highest BCUT2D eigenvalue weighted by atomic mass is 16.8. The number of aliphatic hydroxyl groups excluding tert-OH is 10. The van der Waals surface area contributed by atoms with E-state index >= 15 is 0 Å². The summed E-state index contributed by atoms with van der Waals surface area (Å²) in [5.41, 5.74) is 0. The number of rotatable bonds is 29. The summed E-state index contributed by atoms with van der Waals surface area (Å²) >= 11 is 0. The van der Waals surface area contributed by atoms with Crippen molar-refractivity contribution in [3.8, 4) is 0 Å². The van der Waals surface area contributed by atoms with Gasteiger partial charge in [-0.25, -0.2) is 0 Å². The SMILES string of the molecule is CCCCCCCCC=CCCCCCCCC(=O)N[C@H]1[C@H](O[C@H]2C(O)[C@@H](NC(C)=O)[C@H](O[C@H]3[C@H](O)[C@@H](NC(C)=O)[C@H](O[C@H]4C(O)[C@@H](NC(C)=O)[C@H](O)O[C@@H]4CO)O[C@@H]3CO)O[C@@H]2CO)O[C@H](CO)[C@@H](O)[C@@H]1O. The van der Waals surface area contributed by atoms with E-state index < -0.39 is 173 Å². The van der Waals surface area contributed by atoms with Crippen LogP contribution in [0.3, 0.4) is 0 Å². The second-order valence-corrected chi connectivity index (χ2v) is 19.3. The van der Waals surface area contributed by atoms with Crippen molar-refractivity contribution in [1.29, 1.82) is 0 Å². The van der Waals surface area contributed by atoms with Crippen molar-refractivity contribution in [1.82, 2.24) is 21.3 Å². The molecule has 4 rings (SSSR count). The predicted molar refractivity (Wildman–Crippen MR) is 254 cm³/mol. The second-order valence-electron chi connectivity index (χ2n) is 19.3. The molecule has 20 atom stereocenters. The zero-order chi connectivity index (χ0) is 53.8.